The number of halogens is 3. The molecule has 0 fully saturated rings. The van der Waals surface area contributed by atoms with Gasteiger partial charge in [0.15, 0.2) is 20.4 Å². The third-order valence-corrected chi connectivity index (χ3v) is 5.41. The van der Waals surface area contributed by atoms with Crippen LogP contribution in [0.2, 0.25) is 0 Å². The van der Waals surface area contributed by atoms with Crippen molar-refractivity contribution < 1.29 is 26.3 Å². The number of alkyl halides is 3. The molecule has 26 heavy (non-hydrogen) atoms. The van der Waals surface area contributed by atoms with Gasteiger partial charge < -0.3 is 5.21 Å². The molecule has 0 amide bonds. The molecule has 0 atom stereocenters. The number of pyridine rings is 2. The van der Waals surface area contributed by atoms with Gasteiger partial charge in [0.2, 0.25) is 0 Å². The average Bonchev–Trinajstić information content (AvgIpc) is 2.90. The molecule has 0 aromatic carbocycles. The molecule has 0 saturated heterocycles. The summed E-state index contributed by atoms with van der Waals surface area (Å²) >= 11 is 0. The lowest BCUT2D eigenvalue weighted by atomic mass is 10.3. The van der Waals surface area contributed by atoms with Gasteiger partial charge in [-0.1, -0.05) is 12.0 Å². The Morgan fingerprint density at radius 3 is 2.58 bits per heavy atom. The van der Waals surface area contributed by atoms with Gasteiger partial charge in [-0.15, -0.1) is 0 Å². The first-order valence-electron chi connectivity index (χ1n) is 7.20. The summed E-state index contributed by atoms with van der Waals surface area (Å²) < 4.78 is 64.1. The molecule has 0 N–H and O–H groups in total. The van der Waals surface area contributed by atoms with Crippen molar-refractivity contribution in [3.05, 3.63) is 57.9 Å². The number of aromatic nitrogens is 4. The minimum absolute atomic E-state index is 0.126. The first kappa shape index (κ1) is 17.9. The summed E-state index contributed by atoms with van der Waals surface area (Å²) in [6.07, 6.45) is -3.19. The molecule has 0 bridgehead atoms. The van der Waals surface area contributed by atoms with Crippen molar-refractivity contribution in [3.8, 4) is 5.82 Å². The second kappa shape index (κ2) is 5.83. The molecule has 0 spiro atoms. The molecule has 0 radical (unpaired) electrons. The van der Waals surface area contributed by atoms with E-state index in [0.717, 1.165) is 24.4 Å². The molecule has 0 aliphatic rings. The molecule has 8 nitrogen and oxygen atoms in total. The monoisotopic (exact) mass is 388 g/mol. The molecule has 12 heteroatoms. The molecular weight excluding hydrogens is 377 g/mol. The van der Waals surface area contributed by atoms with Crippen LogP contribution in [0.15, 0.2) is 46.3 Å². The van der Waals surface area contributed by atoms with Crippen molar-refractivity contribution in [3.63, 3.8) is 0 Å². The average molecular weight is 388 g/mol. The van der Waals surface area contributed by atoms with E-state index in [2.05, 4.69) is 5.10 Å². The highest BCUT2D eigenvalue weighted by atomic mass is 32.2. The van der Waals surface area contributed by atoms with Crippen LogP contribution in [0, 0.1) is 5.21 Å². The molecule has 3 aromatic heterocycles. The van der Waals surface area contributed by atoms with Crippen LogP contribution >= 0.6 is 0 Å². The number of fused-ring (bicyclic) bond motifs is 1. The minimum atomic E-state index is -4.68. The highest BCUT2D eigenvalue weighted by Gasteiger charge is 2.33. The highest BCUT2D eigenvalue weighted by molar-refractivity contribution is 7.91. The Balaban J connectivity index is 2.35. The van der Waals surface area contributed by atoms with Crippen molar-refractivity contribution in [1.82, 2.24) is 14.2 Å². The first-order valence-corrected chi connectivity index (χ1v) is 8.85. The fourth-order valence-electron chi connectivity index (χ4n) is 2.34. The molecular formula is C14H11F3N4O4S. The summed E-state index contributed by atoms with van der Waals surface area (Å²) in [5, 5.41) is 15.9. The molecule has 0 saturated carbocycles. The lowest BCUT2D eigenvalue weighted by molar-refractivity contribution is -0.602. The van der Waals surface area contributed by atoms with E-state index in [9.17, 15) is 31.6 Å². The van der Waals surface area contributed by atoms with E-state index < -0.39 is 38.0 Å². The maximum absolute atomic E-state index is 12.8. The van der Waals surface area contributed by atoms with Gasteiger partial charge in [0, 0.05) is 6.20 Å². The Bertz CT molecular complexity index is 1170. The van der Waals surface area contributed by atoms with Crippen molar-refractivity contribution >= 4 is 15.5 Å². The van der Waals surface area contributed by atoms with Gasteiger partial charge in [-0.05, 0) is 28.9 Å². The molecule has 0 aliphatic carbocycles. The summed E-state index contributed by atoms with van der Waals surface area (Å²) in [7, 11) is -3.89. The Morgan fingerprint density at radius 2 is 1.96 bits per heavy atom. The topological polar surface area (TPSA) is 100 Å². The Morgan fingerprint density at radius 1 is 1.27 bits per heavy atom. The highest BCUT2D eigenvalue weighted by Crippen LogP contribution is 2.28. The van der Waals surface area contributed by atoms with Crippen LogP contribution < -0.4 is 10.4 Å². The van der Waals surface area contributed by atoms with Crippen LogP contribution in [0.3, 0.4) is 0 Å². The van der Waals surface area contributed by atoms with E-state index in [0.29, 0.717) is 15.3 Å². The Hall–Kier alpha value is -2.89. The van der Waals surface area contributed by atoms with Gasteiger partial charge in [-0.2, -0.15) is 13.2 Å². The molecule has 0 aliphatic heterocycles. The fourth-order valence-corrected chi connectivity index (χ4v) is 3.39. The predicted octanol–water partition coefficient (Wildman–Crippen LogP) is 0.931. The summed E-state index contributed by atoms with van der Waals surface area (Å²) in [5.41, 5.74) is -2.36. The van der Waals surface area contributed by atoms with Crippen LogP contribution in [0.25, 0.3) is 11.5 Å². The van der Waals surface area contributed by atoms with Crippen molar-refractivity contribution in [2.24, 2.45) is 0 Å². The second-order valence-electron chi connectivity index (χ2n) is 5.26. The maximum Gasteiger partial charge on any atom is 0.447 e. The summed E-state index contributed by atoms with van der Waals surface area (Å²) in [4.78, 5) is 12.0. The van der Waals surface area contributed by atoms with E-state index >= 15 is 0 Å². The number of sulfone groups is 1. The Kier molecular flexibility index (Phi) is 4.02. The molecule has 3 aromatic rings. The third kappa shape index (κ3) is 2.81. The van der Waals surface area contributed by atoms with Crippen molar-refractivity contribution in [1.29, 1.82) is 0 Å². The van der Waals surface area contributed by atoms with E-state index in [1.54, 1.807) is 0 Å². The maximum atomic E-state index is 12.8. The number of hydrogen-bond acceptors (Lipinski definition) is 5. The van der Waals surface area contributed by atoms with Gasteiger partial charge in [0.05, 0.1) is 17.5 Å². The van der Waals surface area contributed by atoms with E-state index in [1.807, 2.05) is 0 Å². The van der Waals surface area contributed by atoms with Gasteiger partial charge in [0.1, 0.15) is 0 Å². The molecule has 3 rings (SSSR count). The zero-order valence-electron chi connectivity index (χ0n) is 13.1. The molecule has 0 unspecified atom stereocenters. The van der Waals surface area contributed by atoms with E-state index in [4.69, 9.17) is 0 Å². The number of rotatable bonds is 3. The minimum Gasteiger partial charge on any atom is -0.711 e. The van der Waals surface area contributed by atoms with E-state index in [1.165, 1.54) is 13.0 Å². The molecule has 138 valence electrons. The van der Waals surface area contributed by atoms with Crippen LogP contribution in [0.4, 0.5) is 13.2 Å². The number of nitrogens with zero attached hydrogens (tertiary/aromatic N) is 4. The van der Waals surface area contributed by atoms with Gasteiger partial charge >= 0.3 is 17.7 Å². The first-order chi connectivity index (χ1) is 12.1. The van der Waals surface area contributed by atoms with Crippen LogP contribution in [-0.4, -0.2) is 28.4 Å². The van der Waals surface area contributed by atoms with Gasteiger partial charge in [-0.25, -0.2) is 22.3 Å². The lowest BCUT2D eigenvalue weighted by Crippen LogP contribution is -2.38. The Labute approximate surface area is 144 Å². The SMILES string of the molecule is CCS(=O)(=O)c1ccc[n+]([O-])c1-n1nc2ccc(C(F)(F)F)cn2c1=O. The largest absolute Gasteiger partial charge is 0.711 e. The zero-order chi connectivity index (χ0) is 19.3. The lowest BCUT2D eigenvalue weighted by Gasteiger charge is -2.09. The quantitative estimate of drug-likeness (QED) is 0.491. The van der Waals surface area contributed by atoms with Crippen LogP contribution in [0.1, 0.15) is 12.5 Å². The van der Waals surface area contributed by atoms with Crippen LogP contribution in [-0.2, 0) is 16.0 Å². The van der Waals surface area contributed by atoms with Crippen molar-refractivity contribution in [2.45, 2.75) is 18.0 Å². The fraction of sp³-hybridized carbons (Fsp3) is 0.214. The second-order valence-corrected chi connectivity index (χ2v) is 7.51. The third-order valence-electron chi connectivity index (χ3n) is 3.66. The van der Waals surface area contributed by atoms with Crippen LogP contribution in [0.5, 0.6) is 0 Å². The zero-order valence-corrected chi connectivity index (χ0v) is 14.0. The van der Waals surface area contributed by atoms with Gasteiger partial charge in [-0.3, -0.25) is 0 Å². The summed E-state index contributed by atoms with van der Waals surface area (Å²) in [6, 6.07) is 3.99. The van der Waals surface area contributed by atoms with Gasteiger partial charge in [0.25, 0.3) is 0 Å². The number of hydrogen-bond donors (Lipinski definition) is 0. The normalized spacial score (nSPS) is 12.6. The van der Waals surface area contributed by atoms with E-state index in [-0.39, 0.29) is 16.1 Å². The summed E-state index contributed by atoms with van der Waals surface area (Å²) in [5.74, 6) is -0.943. The summed E-state index contributed by atoms with van der Waals surface area (Å²) in [6.45, 7) is 1.35. The van der Waals surface area contributed by atoms with Crippen molar-refractivity contribution in [2.75, 3.05) is 5.75 Å². The molecule has 3 heterocycles. The predicted molar refractivity (Wildman–Crippen MR) is 82.5 cm³/mol. The smallest absolute Gasteiger partial charge is 0.447 e. The standard InChI is InChI=1S/C14H11F3N4O4S/c1-2-26(24,25)10-4-3-7-20(23)12(10)21-13(22)19-8-9(14(15,16)17)5-6-11(19)18-21/h3-8H,2H2,1H3.